The molecule has 4 aromatic rings. The van der Waals surface area contributed by atoms with E-state index in [1.54, 1.807) is 11.8 Å². The van der Waals surface area contributed by atoms with Crippen molar-refractivity contribution < 1.29 is 4.74 Å². The zero-order valence-corrected chi connectivity index (χ0v) is 17.4. The molecule has 2 heterocycles. The molecule has 0 saturated heterocycles. The summed E-state index contributed by atoms with van der Waals surface area (Å²) >= 11 is 1.57. The number of nitrogen functional groups attached to an aromatic ring is 1. The maximum Gasteiger partial charge on any atom is 0.164 e. The van der Waals surface area contributed by atoms with E-state index in [-0.39, 0.29) is 0 Å². The summed E-state index contributed by atoms with van der Waals surface area (Å²) in [6.45, 7) is 0. The van der Waals surface area contributed by atoms with E-state index < -0.39 is 0 Å². The number of nitrogens with two attached hydrogens (primary N) is 1. The van der Waals surface area contributed by atoms with Gasteiger partial charge in [-0.3, -0.25) is 0 Å². The van der Waals surface area contributed by atoms with E-state index in [0.29, 0.717) is 11.9 Å². The van der Waals surface area contributed by atoms with Crippen molar-refractivity contribution in [1.29, 1.82) is 0 Å². The lowest BCUT2D eigenvalue weighted by atomic mass is 9.96. The van der Waals surface area contributed by atoms with Gasteiger partial charge in [-0.2, -0.15) is 5.10 Å². The summed E-state index contributed by atoms with van der Waals surface area (Å²) in [5.41, 5.74) is 7.07. The Kier molecular flexibility index (Phi) is 5.27. The van der Waals surface area contributed by atoms with Crippen LogP contribution < -0.4 is 10.5 Å². The molecule has 152 valence electrons. The minimum absolute atomic E-state index is 0.373. The van der Waals surface area contributed by atoms with Crippen molar-refractivity contribution in [2.45, 2.75) is 48.1 Å². The molecule has 0 bridgehead atoms. The second-order valence-electron chi connectivity index (χ2n) is 7.49. The van der Waals surface area contributed by atoms with Crippen molar-refractivity contribution in [1.82, 2.24) is 19.7 Å². The molecule has 1 fully saturated rings. The second-order valence-corrected chi connectivity index (χ2v) is 8.55. The van der Waals surface area contributed by atoms with Crippen molar-refractivity contribution >= 4 is 28.6 Å². The van der Waals surface area contributed by atoms with Crippen LogP contribution in [0.1, 0.15) is 38.1 Å². The fraction of sp³-hybridized carbons (Fsp3) is 0.261. The highest BCUT2D eigenvalue weighted by molar-refractivity contribution is 7.99. The Hall–Kier alpha value is -3.06. The van der Waals surface area contributed by atoms with Gasteiger partial charge < -0.3 is 10.5 Å². The van der Waals surface area contributed by atoms with Gasteiger partial charge in [-0.25, -0.2) is 14.6 Å². The number of fused-ring (bicyclic) bond motifs is 1. The standard InChI is InChI=1S/C23H23N5OS/c24-21-20-22(26-15-25-21)28(16-8-3-1-4-9-16)27-23(20)30-19-13-7-12-18(14-19)29-17-10-5-2-6-11-17/h2,5-7,10-16H,1,3-4,8-9H2,(H2,24,25,26). The molecule has 0 atom stereocenters. The molecule has 7 heteroatoms. The lowest BCUT2D eigenvalue weighted by Gasteiger charge is -2.22. The van der Waals surface area contributed by atoms with Gasteiger partial charge in [0.05, 0.1) is 11.4 Å². The van der Waals surface area contributed by atoms with Crippen molar-refractivity contribution in [2.24, 2.45) is 0 Å². The molecule has 0 aliphatic heterocycles. The summed E-state index contributed by atoms with van der Waals surface area (Å²) in [5, 5.41) is 6.61. The lowest BCUT2D eigenvalue weighted by molar-refractivity contribution is 0.332. The van der Waals surface area contributed by atoms with Crippen molar-refractivity contribution in [3.63, 3.8) is 0 Å². The van der Waals surface area contributed by atoms with E-state index in [2.05, 4.69) is 14.6 Å². The number of para-hydroxylation sites is 1. The van der Waals surface area contributed by atoms with Crippen LogP contribution in [0.15, 0.2) is 70.8 Å². The molecular formula is C23H23N5OS. The van der Waals surface area contributed by atoms with Crippen molar-refractivity contribution in [2.75, 3.05) is 5.73 Å². The molecule has 6 nitrogen and oxygen atoms in total. The first kappa shape index (κ1) is 18.9. The summed E-state index contributed by atoms with van der Waals surface area (Å²) in [6.07, 6.45) is 7.54. The van der Waals surface area contributed by atoms with Crippen LogP contribution in [0, 0.1) is 0 Å². The average Bonchev–Trinajstić information content (AvgIpc) is 3.15. The summed E-state index contributed by atoms with van der Waals surface area (Å²) in [5.74, 6) is 2.07. The van der Waals surface area contributed by atoms with Crippen LogP contribution in [0.3, 0.4) is 0 Å². The predicted molar refractivity (Wildman–Crippen MR) is 119 cm³/mol. The van der Waals surface area contributed by atoms with Gasteiger partial charge in [0.25, 0.3) is 0 Å². The molecule has 5 rings (SSSR count). The molecule has 2 aromatic heterocycles. The van der Waals surface area contributed by atoms with Crippen LogP contribution >= 0.6 is 11.8 Å². The van der Waals surface area contributed by atoms with Crippen LogP contribution in [0.2, 0.25) is 0 Å². The Balaban J connectivity index is 1.47. The SMILES string of the molecule is Nc1ncnc2c1c(Sc1cccc(Oc3ccccc3)c1)nn2C1CCCCC1. The highest BCUT2D eigenvalue weighted by Crippen LogP contribution is 2.39. The van der Waals surface area contributed by atoms with Gasteiger partial charge >= 0.3 is 0 Å². The molecule has 1 aliphatic rings. The Bertz CT molecular complexity index is 1150. The molecule has 1 aliphatic carbocycles. The predicted octanol–water partition coefficient (Wildman–Crippen LogP) is 5.86. The molecular weight excluding hydrogens is 394 g/mol. The van der Waals surface area contributed by atoms with Gasteiger partial charge in [0.2, 0.25) is 0 Å². The number of rotatable bonds is 5. The highest BCUT2D eigenvalue weighted by atomic mass is 32.2. The van der Waals surface area contributed by atoms with Crippen LogP contribution in [-0.2, 0) is 0 Å². The summed E-state index contributed by atoms with van der Waals surface area (Å²) in [7, 11) is 0. The smallest absolute Gasteiger partial charge is 0.164 e. The maximum atomic E-state index is 6.24. The zero-order valence-electron chi connectivity index (χ0n) is 16.6. The van der Waals surface area contributed by atoms with Crippen molar-refractivity contribution in [3.05, 3.63) is 60.9 Å². The lowest BCUT2D eigenvalue weighted by Crippen LogP contribution is -2.14. The van der Waals surface area contributed by atoms with Crippen LogP contribution in [-0.4, -0.2) is 19.7 Å². The Labute approximate surface area is 179 Å². The number of hydrogen-bond acceptors (Lipinski definition) is 6. The Morgan fingerprint density at radius 1 is 0.933 bits per heavy atom. The van der Waals surface area contributed by atoms with Crippen LogP contribution in [0.4, 0.5) is 5.82 Å². The number of benzene rings is 2. The molecule has 0 radical (unpaired) electrons. The molecule has 0 amide bonds. The molecule has 2 aromatic carbocycles. The number of aromatic nitrogens is 4. The minimum atomic E-state index is 0.373. The number of anilines is 1. The zero-order chi connectivity index (χ0) is 20.3. The number of hydrogen-bond donors (Lipinski definition) is 1. The van der Waals surface area contributed by atoms with E-state index in [9.17, 15) is 0 Å². The van der Waals surface area contributed by atoms with E-state index in [4.69, 9.17) is 15.6 Å². The molecule has 2 N–H and O–H groups in total. The van der Waals surface area contributed by atoms with Gasteiger partial charge in [0, 0.05) is 4.90 Å². The van der Waals surface area contributed by atoms with Gasteiger partial charge in [0.1, 0.15) is 28.7 Å². The third kappa shape index (κ3) is 3.85. The van der Waals surface area contributed by atoms with Gasteiger partial charge in [-0.1, -0.05) is 55.3 Å². The first-order valence-corrected chi connectivity index (χ1v) is 11.1. The molecule has 1 saturated carbocycles. The Morgan fingerprint density at radius 3 is 2.57 bits per heavy atom. The maximum absolute atomic E-state index is 6.24. The van der Waals surface area contributed by atoms with E-state index in [1.807, 2.05) is 54.6 Å². The van der Waals surface area contributed by atoms with E-state index >= 15 is 0 Å². The van der Waals surface area contributed by atoms with Gasteiger partial charge in [0.15, 0.2) is 5.65 Å². The molecule has 30 heavy (non-hydrogen) atoms. The molecule has 0 spiro atoms. The monoisotopic (exact) mass is 417 g/mol. The Morgan fingerprint density at radius 2 is 1.73 bits per heavy atom. The fourth-order valence-electron chi connectivity index (χ4n) is 3.95. The first-order valence-electron chi connectivity index (χ1n) is 10.3. The number of ether oxygens (including phenoxy) is 1. The van der Waals surface area contributed by atoms with Crippen LogP contribution in [0.25, 0.3) is 11.0 Å². The van der Waals surface area contributed by atoms with Gasteiger partial charge in [-0.15, -0.1) is 0 Å². The summed E-state index contributed by atoms with van der Waals surface area (Å²) < 4.78 is 8.05. The average molecular weight is 418 g/mol. The van der Waals surface area contributed by atoms with Gasteiger partial charge in [-0.05, 0) is 43.2 Å². The van der Waals surface area contributed by atoms with Crippen molar-refractivity contribution in [3.8, 4) is 11.5 Å². The van der Waals surface area contributed by atoms with E-state index in [0.717, 1.165) is 45.3 Å². The minimum Gasteiger partial charge on any atom is -0.457 e. The normalized spacial score (nSPS) is 14.8. The highest BCUT2D eigenvalue weighted by Gasteiger charge is 2.23. The van der Waals surface area contributed by atoms with Crippen LogP contribution in [0.5, 0.6) is 11.5 Å². The quantitative estimate of drug-likeness (QED) is 0.438. The fourth-order valence-corrected chi connectivity index (χ4v) is 4.92. The third-order valence-corrected chi connectivity index (χ3v) is 6.37. The topological polar surface area (TPSA) is 78.8 Å². The summed E-state index contributed by atoms with van der Waals surface area (Å²) in [6, 6.07) is 18.2. The van der Waals surface area contributed by atoms with E-state index in [1.165, 1.54) is 25.6 Å². The number of nitrogens with zero attached hydrogens (tertiary/aromatic N) is 4. The third-order valence-electron chi connectivity index (χ3n) is 5.41. The molecule has 0 unspecified atom stereocenters. The largest absolute Gasteiger partial charge is 0.457 e. The first-order chi connectivity index (χ1) is 14.8. The second kappa shape index (κ2) is 8.36. The summed E-state index contributed by atoms with van der Waals surface area (Å²) in [4.78, 5) is 9.77.